The van der Waals surface area contributed by atoms with Crippen LogP contribution in [0, 0.1) is 0 Å². The van der Waals surface area contributed by atoms with Crippen LogP contribution in [-0.4, -0.2) is 11.9 Å². The van der Waals surface area contributed by atoms with Crippen LogP contribution in [0.4, 0.5) is 0 Å². The lowest BCUT2D eigenvalue weighted by molar-refractivity contribution is 0.304. The highest BCUT2D eigenvalue weighted by atomic mass is 79.9. The van der Waals surface area contributed by atoms with Crippen molar-refractivity contribution >= 4 is 47.8 Å². The molecule has 0 N–H and O–H groups in total. The summed E-state index contributed by atoms with van der Waals surface area (Å²) in [7, 11) is 0. The van der Waals surface area contributed by atoms with Crippen LogP contribution in [-0.2, 0) is 0 Å². The second kappa shape index (κ2) is 7.69. The molecule has 0 amide bonds. The molecule has 0 aliphatic rings. The van der Waals surface area contributed by atoms with Crippen molar-refractivity contribution in [3.05, 3.63) is 27.1 Å². The Hall–Kier alpha value is 0.460. The summed E-state index contributed by atoms with van der Waals surface area (Å²) >= 11 is 10.3. The summed E-state index contributed by atoms with van der Waals surface area (Å²) in [4.78, 5) is 0. The molecule has 4 heteroatoms. The molecule has 0 bridgehead atoms. The van der Waals surface area contributed by atoms with E-state index < -0.39 is 0 Å². The SMILES string of the molecule is BrCCCCCOc1ccc(Br)cc1Br. The Morgan fingerprint density at radius 2 is 1.87 bits per heavy atom. The summed E-state index contributed by atoms with van der Waals surface area (Å²) in [6.07, 6.45) is 3.53. The average molecular weight is 401 g/mol. The highest BCUT2D eigenvalue weighted by Crippen LogP contribution is 2.28. The van der Waals surface area contributed by atoms with Crippen molar-refractivity contribution in [1.82, 2.24) is 0 Å². The predicted molar refractivity (Wildman–Crippen MR) is 75.0 cm³/mol. The standard InChI is InChI=1S/C11H13Br3O/c12-6-2-1-3-7-15-11-5-4-9(13)8-10(11)14/h4-5,8H,1-3,6-7H2. The van der Waals surface area contributed by atoms with Crippen molar-refractivity contribution in [2.24, 2.45) is 0 Å². The van der Waals surface area contributed by atoms with Crippen molar-refractivity contribution in [2.75, 3.05) is 11.9 Å². The lowest BCUT2D eigenvalue weighted by Gasteiger charge is -2.07. The molecule has 0 aliphatic heterocycles. The number of rotatable bonds is 6. The van der Waals surface area contributed by atoms with Gasteiger partial charge in [-0.25, -0.2) is 0 Å². The zero-order valence-electron chi connectivity index (χ0n) is 8.31. The molecule has 0 atom stereocenters. The number of ether oxygens (including phenoxy) is 1. The first-order valence-corrected chi connectivity index (χ1v) is 7.58. The molecule has 1 aromatic carbocycles. The van der Waals surface area contributed by atoms with E-state index in [-0.39, 0.29) is 0 Å². The molecular weight excluding hydrogens is 388 g/mol. The largest absolute Gasteiger partial charge is 0.492 e. The predicted octanol–water partition coefficient (Wildman–Crippen LogP) is 5.16. The first kappa shape index (κ1) is 13.5. The third-order valence-electron chi connectivity index (χ3n) is 1.93. The number of hydrogen-bond donors (Lipinski definition) is 0. The van der Waals surface area contributed by atoms with Gasteiger partial charge in [-0.2, -0.15) is 0 Å². The Kier molecular flexibility index (Phi) is 6.93. The molecule has 0 saturated carbocycles. The first-order chi connectivity index (χ1) is 7.24. The van der Waals surface area contributed by atoms with Gasteiger partial charge in [-0.3, -0.25) is 0 Å². The van der Waals surface area contributed by atoms with Gasteiger partial charge in [-0.1, -0.05) is 31.9 Å². The van der Waals surface area contributed by atoms with Crippen LogP contribution in [0.25, 0.3) is 0 Å². The van der Waals surface area contributed by atoms with E-state index in [1.165, 1.54) is 12.8 Å². The van der Waals surface area contributed by atoms with Crippen LogP contribution >= 0.6 is 47.8 Å². The topological polar surface area (TPSA) is 9.23 Å². The molecule has 1 nitrogen and oxygen atoms in total. The summed E-state index contributed by atoms with van der Waals surface area (Å²) < 4.78 is 7.71. The molecule has 0 aromatic heterocycles. The van der Waals surface area contributed by atoms with E-state index in [1.807, 2.05) is 18.2 Å². The maximum atomic E-state index is 5.66. The fraction of sp³-hybridized carbons (Fsp3) is 0.455. The highest BCUT2D eigenvalue weighted by Gasteiger charge is 2.00. The third kappa shape index (κ3) is 5.36. The van der Waals surface area contributed by atoms with E-state index >= 15 is 0 Å². The summed E-state index contributed by atoms with van der Waals surface area (Å²) in [6.45, 7) is 0.785. The molecular formula is C11H13Br3O. The van der Waals surface area contributed by atoms with Crippen LogP contribution in [0.3, 0.4) is 0 Å². The highest BCUT2D eigenvalue weighted by molar-refractivity contribution is 9.11. The first-order valence-electron chi connectivity index (χ1n) is 4.88. The molecule has 0 aliphatic carbocycles. The molecule has 0 radical (unpaired) electrons. The second-order valence-electron chi connectivity index (χ2n) is 3.17. The number of benzene rings is 1. The monoisotopic (exact) mass is 398 g/mol. The van der Waals surface area contributed by atoms with E-state index in [0.29, 0.717) is 0 Å². The van der Waals surface area contributed by atoms with Crippen LogP contribution in [0.5, 0.6) is 5.75 Å². The van der Waals surface area contributed by atoms with Gasteiger partial charge in [0.25, 0.3) is 0 Å². The van der Waals surface area contributed by atoms with Gasteiger partial charge in [-0.15, -0.1) is 0 Å². The average Bonchev–Trinajstić information content (AvgIpc) is 2.20. The third-order valence-corrected chi connectivity index (χ3v) is 3.60. The lowest BCUT2D eigenvalue weighted by Crippen LogP contribution is -1.97. The van der Waals surface area contributed by atoms with Crippen LogP contribution in [0.1, 0.15) is 19.3 Å². The van der Waals surface area contributed by atoms with Gasteiger partial charge in [0.1, 0.15) is 5.75 Å². The normalized spacial score (nSPS) is 10.3. The van der Waals surface area contributed by atoms with Gasteiger partial charge in [0.2, 0.25) is 0 Å². The molecule has 0 unspecified atom stereocenters. The summed E-state index contributed by atoms with van der Waals surface area (Å²) in [5.41, 5.74) is 0. The minimum Gasteiger partial charge on any atom is -0.492 e. The molecule has 0 fully saturated rings. The fourth-order valence-corrected chi connectivity index (χ4v) is 2.71. The zero-order chi connectivity index (χ0) is 11.1. The van der Waals surface area contributed by atoms with Crippen molar-refractivity contribution < 1.29 is 4.74 Å². The van der Waals surface area contributed by atoms with E-state index in [4.69, 9.17) is 4.74 Å². The number of halogens is 3. The Balaban J connectivity index is 2.31. The van der Waals surface area contributed by atoms with Gasteiger partial charge in [-0.05, 0) is 53.4 Å². The summed E-state index contributed by atoms with van der Waals surface area (Å²) in [6, 6.07) is 5.95. The van der Waals surface area contributed by atoms with Gasteiger partial charge in [0.15, 0.2) is 0 Å². The molecule has 1 rings (SSSR count). The molecule has 0 saturated heterocycles. The van der Waals surface area contributed by atoms with E-state index in [1.54, 1.807) is 0 Å². The maximum absolute atomic E-state index is 5.66. The van der Waals surface area contributed by atoms with E-state index in [9.17, 15) is 0 Å². The van der Waals surface area contributed by atoms with E-state index in [2.05, 4.69) is 47.8 Å². The zero-order valence-corrected chi connectivity index (χ0v) is 13.1. The summed E-state index contributed by atoms with van der Waals surface area (Å²) in [5.74, 6) is 0.914. The van der Waals surface area contributed by atoms with Crippen LogP contribution in [0.15, 0.2) is 27.1 Å². The van der Waals surface area contributed by atoms with Crippen molar-refractivity contribution in [3.63, 3.8) is 0 Å². The Labute approximate surface area is 116 Å². The molecule has 84 valence electrons. The van der Waals surface area contributed by atoms with E-state index in [0.717, 1.165) is 33.1 Å². The Morgan fingerprint density at radius 1 is 1.07 bits per heavy atom. The lowest BCUT2D eigenvalue weighted by atomic mass is 10.3. The molecule has 0 heterocycles. The Morgan fingerprint density at radius 3 is 2.53 bits per heavy atom. The van der Waals surface area contributed by atoms with Gasteiger partial charge < -0.3 is 4.74 Å². The van der Waals surface area contributed by atoms with Crippen LogP contribution < -0.4 is 4.74 Å². The molecule has 1 aromatic rings. The summed E-state index contributed by atoms with van der Waals surface area (Å²) in [5, 5.41) is 1.08. The minimum atomic E-state index is 0.785. The quantitative estimate of drug-likeness (QED) is 0.473. The second-order valence-corrected chi connectivity index (χ2v) is 5.74. The Bertz CT molecular complexity index is 302. The maximum Gasteiger partial charge on any atom is 0.133 e. The van der Waals surface area contributed by atoms with Gasteiger partial charge in [0.05, 0.1) is 11.1 Å². The molecule has 0 spiro atoms. The van der Waals surface area contributed by atoms with Crippen molar-refractivity contribution in [3.8, 4) is 5.75 Å². The molecule has 15 heavy (non-hydrogen) atoms. The van der Waals surface area contributed by atoms with Crippen molar-refractivity contribution in [2.45, 2.75) is 19.3 Å². The minimum absolute atomic E-state index is 0.785. The number of unbranched alkanes of at least 4 members (excludes halogenated alkanes) is 2. The fourth-order valence-electron chi connectivity index (χ4n) is 1.15. The van der Waals surface area contributed by atoms with Gasteiger partial charge >= 0.3 is 0 Å². The van der Waals surface area contributed by atoms with Gasteiger partial charge in [0, 0.05) is 9.80 Å². The number of hydrogen-bond acceptors (Lipinski definition) is 1. The van der Waals surface area contributed by atoms with Crippen LogP contribution in [0.2, 0.25) is 0 Å². The number of alkyl halides is 1. The van der Waals surface area contributed by atoms with Crippen molar-refractivity contribution in [1.29, 1.82) is 0 Å². The smallest absolute Gasteiger partial charge is 0.133 e.